The lowest BCUT2D eigenvalue weighted by Gasteiger charge is -2.14. The molecule has 0 atom stereocenters. The third-order valence-corrected chi connectivity index (χ3v) is 7.48. The highest BCUT2D eigenvalue weighted by Gasteiger charge is 2.16. The Morgan fingerprint density at radius 1 is 0.804 bits per heavy atom. The van der Waals surface area contributed by atoms with Crippen molar-refractivity contribution in [2.24, 2.45) is 0 Å². The van der Waals surface area contributed by atoms with Crippen LogP contribution in [0.3, 0.4) is 0 Å². The van der Waals surface area contributed by atoms with Gasteiger partial charge in [-0.3, -0.25) is 4.79 Å². The summed E-state index contributed by atoms with van der Waals surface area (Å²) < 4.78 is 41.4. The third kappa shape index (κ3) is 8.05. The van der Waals surface area contributed by atoms with Gasteiger partial charge in [-0.25, -0.2) is 9.78 Å². The number of anilines is 5. The van der Waals surface area contributed by atoms with E-state index in [-0.39, 0.29) is 24.1 Å². The number of carbonyl (C=O) groups excluding carboxylic acids is 2. The van der Waals surface area contributed by atoms with Crippen molar-refractivity contribution in [3.63, 3.8) is 0 Å². The number of nitrogens with two attached hydrogens (primary N) is 2. The number of amides is 3. The minimum Gasteiger partial charge on any atom is -0.487 e. The molecule has 0 saturated heterocycles. The van der Waals surface area contributed by atoms with Crippen molar-refractivity contribution in [1.82, 2.24) is 9.97 Å². The zero-order valence-corrected chi connectivity index (χ0v) is 25.3. The van der Waals surface area contributed by atoms with Crippen LogP contribution in [0.25, 0.3) is 11.1 Å². The number of nitrogens with one attached hydrogen (secondary N) is 3. The molecule has 46 heavy (non-hydrogen) atoms. The highest BCUT2D eigenvalue weighted by atomic mass is 35.5. The van der Waals surface area contributed by atoms with Crippen LogP contribution in [-0.2, 0) is 16.8 Å². The standard InChI is InChI=1S/C31H25ClFN7O5S/c32-20-11-7-18(8-12-20)27-26(39-30(35)40-28(27)34)17-45-24-5-1-3-22(15-24)36-29(41)19-9-13-21(14-10-19)37-31(42)38-23-4-2-6-25(16-23)46(33,43)44/h1-16H,17H2,(H,36,41)(H2,37,38,42)(H4,34,35,39,40). The first-order valence-corrected chi connectivity index (χ1v) is 15.2. The summed E-state index contributed by atoms with van der Waals surface area (Å²) in [5, 5.41) is 8.33. The first-order valence-electron chi connectivity index (χ1n) is 13.4. The summed E-state index contributed by atoms with van der Waals surface area (Å²) in [7, 11) is -4.92. The van der Waals surface area contributed by atoms with Crippen LogP contribution in [-0.4, -0.2) is 30.3 Å². The fraction of sp³-hybridized carbons (Fsp3) is 0.0323. The van der Waals surface area contributed by atoms with Gasteiger partial charge in [0, 0.05) is 39.3 Å². The number of halogens is 2. The summed E-state index contributed by atoms with van der Waals surface area (Å²) >= 11 is 6.02. The van der Waals surface area contributed by atoms with Crippen molar-refractivity contribution in [3.05, 3.63) is 113 Å². The number of carbonyl (C=O) groups is 2. The van der Waals surface area contributed by atoms with E-state index >= 15 is 0 Å². The van der Waals surface area contributed by atoms with Gasteiger partial charge in [-0.05, 0) is 72.3 Å². The van der Waals surface area contributed by atoms with Crippen molar-refractivity contribution in [1.29, 1.82) is 0 Å². The zero-order chi connectivity index (χ0) is 32.8. The van der Waals surface area contributed by atoms with Gasteiger partial charge in [-0.15, -0.1) is 3.89 Å². The van der Waals surface area contributed by atoms with Gasteiger partial charge in [0.2, 0.25) is 5.95 Å². The lowest BCUT2D eigenvalue weighted by molar-refractivity contribution is 0.102. The normalized spacial score (nSPS) is 11.0. The number of ether oxygens (including phenoxy) is 1. The van der Waals surface area contributed by atoms with Gasteiger partial charge >= 0.3 is 16.3 Å². The quantitative estimate of drug-likeness (QED) is 0.116. The average molecular weight is 662 g/mol. The maximum Gasteiger partial charge on any atom is 0.332 e. The van der Waals surface area contributed by atoms with E-state index < -0.39 is 27.1 Å². The molecule has 0 bridgehead atoms. The number of aromatic nitrogens is 2. The van der Waals surface area contributed by atoms with Gasteiger partial charge in [-0.2, -0.15) is 13.4 Å². The number of benzene rings is 4. The monoisotopic (exact) mass is 661 g/mol. The maximum atomic E-state index is 13.2. The van der Waals surface area contributed by atoms with E-state index in [9.17, 15) is 21.9 Å². The van der Waals surface area contributed by atoms with E-state index in [0.29, 0.717) is 39.0 Å². The van der Waals surface area contributed by atoms with Crippen molar-refractivity contribution in [3.8, 4) is 16.9 Å². The summed E-state index contributed by atoms with van der Waals surface area (Å²) in [6.45, 7) is 0.00864. The van der Waals surface area contributed by atoms with Crippen LogP contribution in [0.2, 0.25) is 5.02 Å². The SMILES string of the molecule is Nc1nc(N)c(-c2ccc(Cl)cc2)c(COc2cccc(NC(=O)c3ccc(NC(=O)Nc4cccc(S(=O)(=O)F)c4)cc3)c2)n1. The fourth-order valence-corrected chi connectivity index (χ4v) is 4.96. The third-order valence-electron chi connectivity index (χ3n) is 6.41. The maximum absolute atomic E-state index is 13.2. The van der Waals surface area contributed by atoms with Gasteiger partial charge in [-0.1, -0.05) is 35.9 Å². The Bertz CT molecular complexity index is 2030. The number of nitrogens with zero attached hydrogens (tertiary/aromatic N) is 2. The van der Waals surface area contributed by atoms with Gasteiger partial charge in [0.1, 0.15) is 23.1 Å². The lowest BCUT2D eigenvalue weighted by Crippen LogP contribution is -2.19. The molecular weight excluding hydrogens is 637 g/mol. The van der Waals surface area contributed by atoms with Crippen LogP contribution in [0.4, 0.5) is 37.5 Å². The van der Waals surface area contributed by atoms with Crippen LogP contribution in [0, 0.1) is 0 Å². The van der Waals surface area contributed by atoms with E-state index in [4.69, 9.17) is 27.8 Å². The van der Waals surface area contributed by atoms with E-state index in [2.05, 4.69) is 25.9 Å². The van der Waals surface area contributed by atoms with Crippen molar-refractivity contribution in [2.75, 3.05) is 27.4 Å². The zero-order valence-electron chi connectivity index (χ0n) is 23.7. The number of rotatable bonds is 9. The predicted molar refractivity (Wildman–Crippen MR) is 174 cm³/mol. The molecule has 1 heterocycles. The molecule has 0 aliphatic carbocycles. The van der Waals surface area contributed by atoms with E-state index in [0.717, 1.165) is 17.7 Å². The minimum atomic E-state index is -4.92. The predicted octanol–water partition coefficient (Wildman–Crippen LogP) is 6.09. The molecule has 4 aromatic carbocycles. The van der Waals surface area contributed by atoms with Crippen LogP contribution in [0.5, 0.6) is 5.75 Å². The summed E-state index contributed by atoms with van der Waals surface area (Å²) in [6, 6.07) is 23.8. The molecule has 1 aromatic heterocycles. The molecule has 5 rings (SSSR count). The summed E-state index contributed by atoms with van der Waals surface area (Å²) in [5.74, 6) is 0.213. The molecule has 0 aliphatic heterocycles. The molecule has 234 valence electrons. The molecule has 0 radical (unpaired) electrons. The highest BCUT2D eigenvalue weighted by Crippen LogP contribution is 2.30. The molecule has 12 nitrogen and oxygen atoms in total. The Balaban J connectivity index is 1.20. The summed E-state index contributed by atoms with van der Waals surface area (Å²) in [5.41, 5.74) is 14.9. The Morgan fingerprint density at radius 3 is 2.15 bits per heavy atom. The van der Waals surface area contributed by atoms with E-state index in [1.807, 2.05) is 0 Å². The molecule has 3 amide bonds. The topological polar surface area (TPSA) is 191 Å². The van der Waals surface area contributed by atoms with Crippen LogP contribution in [0.15, 0.2) is 102 Å². The summed E-state index contributed by atoms with van der Waals surface area (Å²) in [6.07, 6.45) is 0. The molecule has 0 spiro atoms. The van der Waals surface area contributed by atoms with Gasteiger partial charge in [0.05, 0.1) is 5.69 Å². The Morgan fingerprint density at radius 2 is 1.46 bits per heavy atom. The molecular formula is C31H25ClFN7O5S. The molecule has 7 N–H and O–H groups in total. The van der Waals surface area contributed by atoms with Crippen LogP contribution >= 0.6 is 11.6 Å². The first-order chi connectivity index (χ1) is 21.9. The molecule has 0 unspecified atom stereocenters. The molecule has 15 heteroatoms. The van der Waals surface area contributed by atoms with Crippen LogP contribution < -0.4 is 32.2 Å². The van der Waals surface area contributed by atoms with Crippen molar-refractivity contribution < 1.29 is 26.6 Å². The van der Waals surface area contributed by atoms with Gasteiger partial charge < -0.3 is 32.2 Å². The second-order valence-electron chi connectivity index (χ2n) is 9.69. The van der Waals surface area contributed by atoms with Crippen molar-refractivity contribution >= 4 is 62.6 Å². The highest BCUT2D eigenvalue weighted by molar-refractivity contribution is 7.86. The van der Waals surface area contributed by atoms with E-state index in [1.165, 1.54) is 36.4 Å². The number of nitrogen functional groups attached to an aromatic ring is 2. The Labute approximate surface area is 267 Å². The fourth-order valence-electron chi connectivity index (χ4n) is 4.32. The van der Waals surface area contributed by atoms with E-state index in [1.54, 1.807) is 48.5 Å². The van der Waals surface area contributed by atoms with Crippen molar-refractivity contribution in [2.45, 2.75) is 11.5 Å². The Hall–Kier alpha value is -5.73. The second-order valence-corrected chi connectivity index (χ2v) is 11.5. The minimum absolute atomic E-state index is 0.00216. The largest absolute Gasteiger partial charge is 0.487 e. The van der Waals surface area contributed by atoms with Gasteiger partial charge in [0.15, 0.2) is 0 Å². The Kier molecular flexibility index (Phi) is 9.30. The molecule has 0 fully saturated rings. The summed E-state index contributed by atoms with van der Waals surface area (Å²) in [4.78, 5) is 33.0. The smallest absolute Gasteiger partial charge is 0.332 e. The lowest BCUT2D eigenvalue weighted by atomic mass is 10.0. The number of hydrogen-bond acceptors (Lipinski definition) is 9. The molecule has 5 aromatic rings. The van der Waals surface area contributed by atoms with Gasteiger partial charge in [0.25, 0.3) is 5.91 Å². The molecule has 0 aliphatic rings. The number of hydrogen-bond donors (Lipinski definition) is 5. The molecule has 0 saturated carbocycles. The average Bonchev–Trinajstić information content (AvgIpc) is 3.01. The second kappa shape index (κ2) is 13.5. The number of urea groups is 1. The van der Waals surface area contributed by atoms with Crippen LogP contribution in [0.1, 0.15) is 16.1 Å². The first kappa shape index (κ1) is 31.7.